The van der Waals surface area contributed by atoms with E-state index in [2.05, 4.69) is 12.2 Å². The predicted molar refractivity (Wildman–Crippen MR) is 79.3 cm³/mol. The predicted octanol–water partition coefficient (Wildman–Crippen LogP) is 4.04. The van der Waals surface area contributed by atoms with Crippen molar-refractivity contribution in [2.75, 3.05) is 6.54 Å². The van der Waals surface area contributed by atoms with E-state index < -0.39 is 0 Å². The highest BCUT2D eigenvalue weighted by atomic mass is 16.5. The lowest BCUT2D eigenvalue weighted by Gasteiger charge is -2.34. The highest BCUT2D eigenvalue weighted by Crippen LogP contribution is 2.45. The van der Waals surface area contributed by atoms with Crippen LogP contribution in [0.25, 0.3) is 0 Å². The van der Waals surface area contributed by atoms with Crippen LogP contribution in [0.4, 0.5) is 0 Å². The van der Waals surface area contributed by atoms with Gasteiger partial charge in [0.15, 0.2) is 0 Å². The lowest BCUT2D eigenvalue weighted by atomic mass is 9.80. The van der Waals surface area contributed by atoms with Gasteiger partial charge in [0.05, 0.1) is 11.7 Å². The first-order valence-electron chi connectivity index (χ1n) is 8.72. The summed E-state index contributed by atoms with van der Waals surface area (Å²) < 4.78 is 6.51. The molecule has 2 aliphatic carbocycles. The Morgan fingerprint density at radius 1 is 1.00 bits per heavy atom. The molecule has 1 saturated heterocycles. The summed E-state index contributed by atoms with van der Waals surface area (Å²) in [5, 5.41) is 3.71. The SMILES string of the molecule is CCNC1CCCCC1CC1CCC2(CCCC2)O1. The van der Waals surface area contributed by atoms with Crippen molar-refractivity contribution in [3.05, 3.63) is 0 Å². The molecule has 2 saturated carbocycles. The first-order chi connectivity index (χ1) is 9.31. The van der Waals surface area contributed by atoms with Crippen LogP contribution in [0.5, 0.6) is 0 Å². The summed E-state index contributed by atoms with van der Waals surface area (Å²) in [6.07, 6.45) is 15.7. The monoisotopic (exact) mass is 265 g/mol. The Morgan fingerprint density at radius 2 is 1.79 bits per heavy atom. The van der Waals surface area contributed by atoms with E-state index in [1.54, 1.807) is 0 Å². The third-order valence-electron chi connectivity index (χ3n) is 5.79. The van der Waals surface area contributed by atoms with Gasteiger partial charge < -0.3 is 10.1 Å². The molecule has 2 nitrogen and oxygen atoms in total. The van der Waals surface area contributed by atoms with Gasteiger partial charge in [-0.2, -0.15) is 0 Å². The maximum Gasteiger partial charge on any atom is 0.0687 e. The molecule has 3 rings (SSSR count). The van der Waals surface area contributed by atoms with Gasteiger partial charge in [0, 0.05) is 6.04 Å². The van der Waals surface area contributed by atoms with Crippen molar-refractivity contribution in [2.45, 2.75) is 95.3 Å². The van der Waals surface area contributed by atoms with E-state index in [-0.39, 0.29) is 0 Å². The van der Waals surface area contributed by atoms with Crippen LogP contribution in [0.3, 0.4) is 0 Å². The highest BCUT2D eigenvalue weighted by Gasteiger charge is 2.43. The minimum atomic E-state index is 0.326. The summed E-state index contributed by atoms with van der Waals surface area (Å²) in [5.74, 6) is 0.871. The molecule has 0 radical (unpaired) electrons. The van der Waals surface area contributed by atoms with Crippen LogP contribution in [0.2, 0.25) is 0 Å². The zero-order chi connectivity index (χ0) is 13.1. The number of hydrogen-bond donors (Lipinski definition) is 1. The summed E-state index contributed by atoms with van der Waals surface area (Å²) in [6.45, 7) is 3.36. The van der Waals surface area contributed by atoms with Crippen LogP contribution in [-0.4, -0.2) is 24.3 Å². The van der Waals surface area contributed by atoms with E-state index in [9.17, 15) is 0 Å². The second-order valence-corrected chi connectivity index (χ2v) is 7.11. The largest absolute Gasteiger partial charge is 0.372 e. The molecule has 2 heteroatoms. The van der Waals surface area contributed by atoms with Gasteiger partial charge in [-0.15, -0.1) is 0 Å². The molecule has 3 fully saturated rings. The van der Waals surface area contributed by atoms with Crippen molar-refractivity contribution in [2.24, 2.45) is 5.92 Å². The fourth-order valence-electron chi connectivity index (χ4n) is 4.81. The molecule has 0 amide bonds. The van der Waals surface area contributed by atoms with Gasteiger partial charge in [-0.3, -0.25) is 0 Å². The van der Waals surface area contributed by atoms with Crippen molar-refractivity contribution in [1.29, 1.82) is 0 Å². The molecule has 0 aromatic carbocycles. The summed E-state index contributed by atoms with van der Waals surface area (Å²) >= 11 is 0. The molecule has 1 N–H and O–H groups in total. The van der Waals surface area contributed by atoms with Crippen LogP contribution in [-0.2, 0) is 4.74 Å². The number of ether oxygens (including phenoxy) is 1. The average molecular weight is 265 g/mol. The fraction of sp³-hybridized carbons (Fsp3) is 1.00. The number of hydrogen-bond acceptors (Lipinski definition) is 2. The van der Waals surface area contributed by atoms with E-state index >= 15 is 0 Å². The van der Waals surface area contributed by atoms with Crippen LogP contribution in [0.1, 0.15) is 77.6 Å². The molecule has 110 valence electrons. The summed E-state index contributed by atoms with van der Waals surface area (Å²) in [6, 6.07) is 0.766. The van der Waals surface area contributed by atoms with Gasteiger partial charge in [-0.1, -0.05) is 32.6 Å². The van der Waals surface area contributed by atoms with Crippen LogP contribution in [0, 0.1) is 5.92 Å². The zero-order valence-corrected chi connectivity index (χ0v) is 12.6. The summed E-state index contributed by atoms with van der Waals surface area (Å²) in [5.41, 5.74) is 0.326. The Balaban J connectivity index is 1.52. The van der Waals surface area contributed by atoms with Crippen LogP contribution < -0.4 is 5.32 Å². The van der Waals surface area contributed by atoms with Gasteiger partial charge in [-0.25, -0.2) is 0 Å². The van der Waals surface area contributed by atoms with Gasteiger partial charge in [-0.05, 0) is 57.4 Å². The van der Waals surface area contributed by atoms with Crippen molar-refractivity contribution in [3.8, 4) is 0 Å². The van der Waals surface area contributed by atoms with E-state index in [0.29, 0.717) is 11.7 Å². The van der Waals surface area contributed by atoms with Crippen molar-refractivity contribution < 1.29 is 4.74 Å². The summed E-state index contributed by atoms with van der Waals surface area (Å²) in [7, 11) is 0. The van der Waals surface area contributed by atoms with E-state index in [4.69, 9.17) is 4.74 Å². The Morgan fingerprint density at radius 3 is 2.58 bits per heavy atom. The topological polar surface area (TPSA) is 21.3 Å². The van der Waals surface area contributed by atoms with E-state index in [1.807, 2.05) is 0 Å². The minimum absolute atomic E-state index is 0.326. The molecular weight excluding hydrogens is 234 g/mol. The van der Waals surface area contributed by atoms with Crippen molar-refractivity contribution in [1.82, 2.24) is 5.32 Å². The lowest BCUT2D eigenvalue weighted by Crippen LogP contribution is -2.40. The van der Waals surface area contributed by atoms with Gasteiger partial charge >= 0.3 is 0 Å². The normalized spacial score (nSPS) is 38.1. The molecule has 1 aliphatic heterocycles. The first-order valence-corrected chi connectivity index (χ1v) is 8.72. The molecule has 0 aromatic rings. The third kappa shape index (κ3) is 3.16. The van der Waals surface area contributed by atoms with Gasteiger partial charge in [0.2, 0.25) is 0 Å². The quantitative estimate of drug-likeness (QED) is 0.828. The Bertz CT molecular complexity index is 283. The van der Waals surface area contributed by atoms with Gasteiger partial charge in [0.1, 0.15) is 0 Å². The second kappa shape index (κ2) is 6.13. The Hall–Kier alpha value is -0.0800. The molecule has 0 aromatic heterocycles. The van der Waals surface area contributed by atoms with Crippen molar-refractivity contribution >= 4 is 0 Å². The maximum atomic E-state index is 6.51. The Kier molecular flexibility index (Phi) is 4.48. The Labute approximate surface area is 118 Å². The molecule has 19 heavy (non-hydrogen) atoms. The smallest absolute Gasteiger partial charge is 0.0687 e. The molecule has 3 aliphatic rings. The fourth-order valence-corrected chi connectivity index (χ4v) is 4.81. The summed E-state index contributed by atoms with van der Waals surface area (Å²) in [4.78, 5) is 0. The lowest BCUT2D eigenvalue weighted by molar-refractivity contribution is -0.0475. The van der Waals surface area contributed by atoms with Gasteiger partial charge in [0.25, 0.3) is 0 Å². The van der Waals surface area contributed by atoms with E-state index in [1.165, 1.54) is 70.6 Å². The van der Waals surface area contributed by atoms with Crippen molar-refractivity contribution in [3.63, 3.8) is 0 Å². The maximum absolute atomic E-state index is 6.51. The zero-order valence-electron chi connectivity index (χ0n) is 12.6. The van der Waals surface area contributed by atoms with Crippen LogP contribution >= 0.6 is 0 Å². The van der Waals surface area contributed by atoms with E-state index in [0.717, 1.165) is 18.5 Å². The molecule has 1 spiro atoms. The second-order valence-electron chi connectivity index (χ2n) is 7.11. The number of nitrogens with one attached hydrogen (secondary N) is 1. The molecule has 0 bridgehead atoms. The average Bonchev–Trinajstić information content (AvgIpc) is 3.03. The third-order valence-corrected chi connectivity index (χ3v) is 5.79. The molecule has 3 unspecified atom stereocenters. The molecule has 1 heterocycles. The first kappa shape index (κ1) is 13.9. The van der Waals surface area contributed by atoms with Crippen LogP contribution in [0.15, 0.2) is 0 Å². The number of rotatable bonds is 4. The highest BCUT2D eigenvalue weighted by molar-refractivity contribution is 4.94. The minimum Gasteiger partial charge on any atom is -0.372 e. The standard InChI is InChI=1S/C17H31NO/c1-2-18-16-8-4-3-7-14(16)13-15-9-12-17(19-15)10-5-6-11-17/h14-16,18H,2-13H2,1H3. The molecule has 3 atom stereocenters. The molecular formula is C17H31NO.